The molecule has 2 unspecified atom stereocenters. The Labute approximate surface area is 97.4 Å². The van der Waals surface area contributed by atoms with Gasteiger partial charge in [0, 0.05) is 32.7 Å². The molecule has 1 saturated heterocycles. The molecule has 0 spiro atoms. The summed E-state index contributed by atoms with van der Waals surface area (Å²) in [4.78, 5) is 2.48. The largest absolute Gasteiger partial charge is 0.327 e. The average molecular weight is 222 g/mol. The van der Waals surface area contributed by atoms with Gasteiger partial charge in [-0.25, -0.2) is 0 Å². The Bertz CT molecular complexity index is 358. The summed E-state index contributed by atoms with van der Waals surface area (Å²) in [5.41, 5.74) is 8.41. The van der Waals surface area contributed by atoms with Gasteiger partial charge < -0.3 is 5.73 Å². The van der Waals surface area contributed by atoms with Crippen LogP contribution in [0.1, 0.15) is 24.7 Å². The van der Waals surface area contributed by atoms with Gasteiger partial charge in [-0.1, -0.05) is 6.92 Å². The van der Waals surface area contributed by atoms with E-state index >= 15 is 0 Å². The van der Waals surface area contributed by atoms with Gasteiger partial charge in [0.25, 0.3) is 0 Å². The average Bonchev–Trinajstić information content (AvgIpc) is 2.51. The topological polar surface area (TPSA) is 47.1 Å². The molecule has 4 heteroatoms. The molecule has 0 bridgehead atoms. The third-order valence-corrected chi connectivity index (χ3v) is 3.54. The molecule has 4 nitrogen and oxygen atoms in total. The molecule has 0 aliphatic carbocycles. The lowest BCUT2D eigenvalue weighted by atomic mass is 9.95. The first-order valence-electron chi connectivity index (χ1n) is 6.03. The van der Waals surface area contributed by atoms with Gasteiger partial charge >= 0.3 is 0 Å². The van der Waals surface area contributed by atoms with Gasteiger partial charge in [0.2, 0.25) is 0 Å². The maximum Gasteiger partial charge on any atom is 0.0597 e. The Kier molecular flexibility index (Phi) is 3.30. The maximum atomic E-state index is 6.02. The Morgan fingerprint density at radius 2 is 2.31 bits per heavy atom. The van der Waals surface area contributed by atoms with Crippen molar-refractivity contribution in [3.8, 4) is 0 Å². The Morgan fingerprint density at radius 3 is 2.88 bits per heavy atom. The fourth-order valence-electron chi connectivity index (χ4n) is 2.44. The minimum Gasteiger partial charge on any atom is -0.327 e. The second kappa shape index (κ2) is 4.55. The molecule has 2 atom stereocenters. The van der Waals surface area contributed by atoms with Crippen molar-refractivity contribution in [3.63, 3.8) is 0 Å². The van der Waals surface area contributed by atoms with Crippen LogP contribution in [0.2, 0.25) is 0 Å². The van der Waals surface area contributed by atoms with Crippen LogP contribution < -0.4 is 5.73 Å². The monoisotopic (exact) mass is 222 g/mol. The molecule has 1 aliphatic heterocycles. The predicted octanol–water partition coefficient (Wildman–Crippen LogP) is 0.898. The van der Waals surface area contributed by atoms with Gasteiger partial charge in [-0.15, -0.1) is 0 Å². The molecule has 90 valence electrons. The normalized spacial score (nSPS) is 27.2. The van der Waals surface area contributed by atoms with Crippen molar-refractivity contribution < 1.29 is 0 Å². The van der Waals surface area contributed by atoms with E-state index in [9.17, 15) is 0 Å². The predicted molar refractivity (Wildman–Crippen MR) is 65.0 cm³/mol. The number of aryl methyl sites for hydroxylation is 2. The van der Waals surface area contributed by atoms with Crippen LogP contribution in [0.15, 0.2) is 6.07 Å². The van der Waals surface area contributed by atoms with E-state index in [0.29, 0.717) is 12.0 Å². The number of piperidine rings is 1. The molecular formula is C12H22N4. The summed E-state index contributed by atoms with van der Waals surface area (Å²) in [6.07, 6.45) is 1.11. The minimum absolute atomic E-state index is 0.379. The van der Waals surface area contributed by atoms with Gasteiger partial charge in [-0.3, -0.25) is 9.58 Å². The Morgan fingerprint density at radius 1 is 1.56 bits per heavy atom. The summed E-state index contributed by atoms with van der Waals surface area (Å²) in [6.45, 7) is 7.49. The highest BCUT2D eigenvalue weighted by Gasteiger charge is 2.23. The molecular weight excluding hydrogens is 200 g/mol. The standard InChI is InChI=1S/C12H22N4/c1-9-7-16(5-4-12(9)13)8-11-6-10(2)14-15(11)3/h6,9,12H,4-5,7-8,13H2,1-3H3. The van der Waals surface area contributed by atoms with Crippen LogP contribution >= 0.6 is 0 Å². The molecule has 2 rings (SSSR count). The first-order valence-corrected chi connectivity index (χ1v) is 6.03. The lowest BCUT2D eigenvalue weighted by molar-refractivity contribution is 0.154. The van der Waals surface area contributed by atoms with Crippen LogP contribution in [-0.2, 0) is 13.6 Å². The molecule has 16 heavy (non-hydrogen) atoms. The van der Waals surface area contributed by atoms with Crippen molar-refractivity contribution in [2.45, 2.75) is 32.9 Å². The van der Waals surface area contributed by atoms with E-state index in [4.69, 9.17) is 5.73 Å². The van der Waals surface area contributed by atoms with Crippen LogP contribution in [0.5, 0.6) is 0 Å². The molecule has 0 radical (unpaired) electrons. The van der Waals surface area contributed by atoms with Crippen molar-refractivity contribution in [1.82, 2.24) is 14.7 Å². The van der Waals surface area contributed by atoms with Crippen molar-refractivity contribution >= 4 is 0 Å². The van der Waals surface area contributed by atoms with E-state index in [2.05, 4.69) is 23.0 Å². The fourth-order valence-corrected chi connectivity index (χ4v) is 2.44. The van der Waals surface area contributed by atoms with Crippen LogP contribution in [-0.4, -0.2) is 33.8 Å². The maximum absolute atomic E-state index is 6.02. The Balaban J connectivity index is 1.98. The first-order chi connectivity index (χ1) is 7.56. The van der Waals surface area contributed by atoms with E-state index in [0.717, 1.165) is 31.7 Å². The molecule has 1 aliphatic rings. The zero-order chi connectivity index (χ0) is 11.7. The van der Waals surface area contributed by atoms with Gasteiger partial charge in [0.1, 0.15) is 0 Å². The lowest BCUT2D eigenvalue weighted by Crippen LogP contribution is -2.45. The highest BCUT2D eigenvalue weighted by Crippen LogP contribution is 2.17. The third-order valence-electron chi connectivity index (χ3n) is 3.54. The number of hydrogen-bond donors (Lipinski definition) is 1. The highest BCUT2D eigenvalue weighted by atomic mass is 15.3. The third kappa shape index (κ3) is 2.44. The molecule has 2 N–H and O–H groups in total. The number of nitrogens with two attached hydrogens (primary N) is 1. The van der Waals surface area contributed by atoms with Crippen LogP contribution in [0.25, 0.3) is 0 Å². The lowest BCUT2D eigenvalue weighted by Gasteiger charge is -2.34. The summed E-state index contributed by atoms with van der Waals surface area (Å²) >= 11 is 0. The quantitative estimate of drug-likeness (QED) is 0.808. The summed E-state index contributed by atoms with van der Waals surface area (Å²) in [7, 11) is 2.02. The second-order valence-electron chi connectivity index (χ2n) is 5.07. The smallest absolute Gasteiger partial charge is 0.0597 e. The van der Waals surface area contributed by atoms with Crippen molar-refractivity contribution in [3.05, 3.63) is 17.5 Å². The van der Waals surface area contributed by atoms with Crippen molar-refractivity contribution in [1.29, 1.82) is 0 Å². The zero-order valence-electron chi connectivity index (χ0n) is 10.5. The molecule has 1 aromatic rings. The van der Waals surface area contributed by atoms with E-state index in [-0.39, 0.29) is 0 Å². The number of rotatable bonds is 2. The van der Waals surface area contributed by atoms with Crippen LogP contribution in [0, 0.1) is 12.8 Å². The minimum atomic E-state index is 0.379. The molecule has 0 saturated carbocycles. The fraction of sp³-hybridized carbons (Fsp3) is 0.750. The zero-order valence-corrected chi connectivity index (χ0v) is 10.5. The van der Waals surface area contributed by atoms with E-state index in [1.807, 2.05) is 18.7 Å². The summed E-state index contributed by atoms with van der Waals surface area (Å²) in [6, 6.07) is 2.55. The summed E-state index contributed by atoms with van der Waals surface area (Å²) < 4.78 is 1.98. The number of nitrogens with zero attached hydrogens (tertiary/aromatic N) is 3. The molecule has 0 amide bonds. The van der Waals surface area contributed by atoms with E-state index in [1.54, 1.807) is 0 Å². The van der Waals surface area contributed by atoms with Gasteiger partial charge in [0.15, 0.2) is 0 Å². The van der Waals surface area contributed by atoms with Crippen molar-refractivity contribution in [2.75, 3.05) is 13.1 Å². The number of aromatic nitrogens is 2. The van der Waals surface area contributed by atoms with Gasteiger partial charge in [-0.2, -0.15) is 5.10 Å². The van der Waals surface area contributed by atoms with Crippen LogP contribution in [0.4, 0.5) is 0 Å². The number of hydrogen-bond acceptors (Lipinski definition) is 3. The Hall–Kier alpha value is -0.870. The number of likely N-dealkylation sites (tertiary alicyclic amines) is 1. The van der Waals surface area contributed by atoms with Crippen molar-refractivity contribution in [2.24, 2.45) is 18.7 Å². The molecule has 2 heterocycles. The van der Waals surface area contributed by atoms with Gasteiger partial charge in [0.05, 0.1) is 11.4 Å². The molecule has 1 fully saturated rings. The molecule has 1 aromatic heterocycles. The SMILES string of the molecule is Cc1cc(CN2CCC(N)C(C)C2)n(C)n1. The summed E-state index contributed by atoms with van der Waals surface area (Å²) in [5, 5.41) is 4.38. The second-order valence-corrected chi connectivity index (χ2v) is 5.07. The molecule has 0 aromatic carbocycles. The van der Waals surface area contributed by atoms with E-state index in [1.165, 1.54) is 5.69 Å². The first kappa shape index (κ1) is 11.6. The van der Waals surface area contributed by atoms with Gasteiger partial charge in [-0.05, 0) is 25.3 Å². The van der Waals surface area contributed by atoms with Crippen LogP contribution in [0.3, 0.4) is 0 Å². The van der Waals surface area contributed by atoms with E-state index < -0.39 is 0 Å². The summed E-state index contributed by atoms with van der Waals surface area (Å²) in [5.74, 6) is 0.600. The highest BCUT2D eigenvalue weighted by molar-refractivity contribution is 5.08.